The number of hydrogen-bond donors (Lipinski definition) is 3. The van der Waals surface area contributed by atoms with Crippen LogP contribution in [0.4, 0.5) is 5.69 Å². The Kier molecular flexibility index (Phi) is 5.55. The number of amidine groups is 1. The number of thioether (sulfide) groups is 1. The molecule has 0 spiro atoms. The van der Waals surface area contributed by atoms with E-state index in [1.807, 2.05) is 0 Å². The summed E-state index contributed by atoms with van der Waals surface area (Å²) in [6, 6.07) is 9.15. The fourth-order valence-corrected chi connectivity index (χ4v) is 3.28. The molecule has 0 radical (unpaired) electrons. The summed E-state index contributed by atoms with van der Waals surface area (Å²) in [6.45, 7) is 0. The van der Waals surface area contributed by atoms with Gasteiger partial charge in [-0.25, -0.2) is 9.79 Å². The minimum atomic E-state index is -1.24. The van der Waals surface area contributed by atoms with Gasteiger partial charge in [-0.15, -0.1) is 0 Å². The average molecular weight is 400 g/mol. The SMILES string of the molecule is COc1ccc(/C=C2\SC(=Nc3ccc(C(=O)O)c(O)c3)NC2=O)c(OC)c1. The van der Waals surface area contributed by atoms with Gasteiger partial charge in [0.25, 0.3) is 5.91 Å². The lowest BCUT2D eigenvalue weighted by Crippen LogP contribution is -2.19. The van der Waals surface area contributed by atoms with Crippen LogP contribution >= 0.6 is 11.8 Å². The number of phenols is 1. The molecule has 144 valence electrons. The second kappa shape index (κ2) is 8.05. The molecule has 0 saturated carbocycles. The van der Waals surface area contributed by atoms with Gasteiger partial charge in [-0.3, -0.25) is 4.79 Å². The molecule has 9 heteroatoms. The molecule has 0 aromatic heterocycles. The second-order valence-electron chi connectivity index (χ2n) is 5.60. The summed E-state index contributed by atoms with van der Waals surface area (Å²) >= 11 is 1.12. The molecule has 0 bridgehead atoms. The van der Waals surface area contributed by atoms with Crippen LogP contribution in [0.3, 0.4) is 0 Å². The van der Waals surface area contributed by atoms with Gasteiger partial charge in [0.2, 0.25) is 0 Å². The lowest BCUT2D eigenvalue weighted by atomic mass is 10.1. The highest BCUT2D eigenvalue weighted by atomic mass is 32.2. The van der Waals surface area contributed by atoms with E-state index < -0.39 is 11.7 Å². The van der Waals surface area contributed by atoms with Gasteiger partial charge in [0, 0.05) is 17.7 Å². The molecule has 3 rings (SSSR count). The first-order valence-electron chi connectivity index (χ1n) is 7.99. The number of carbonyl (C=O) groups excluding carboxylic acids is 1. The van der Waals surface area contributed by atoms with Crippen LogP contribution in [0.15, 0.2) is 46.3 Å². The van der Waals surface area contributed by atoms with Crippen molar-refractivity contribution in [2.24, 2.45) is 4.99 Å². The maximum atomic E-state index is 12.2. The number of rotatable bonds is 5. The maximum absolute atomic E-state index is 12.2. The molecule has 0 atom stereocenters. The van der Waals surface area contributed by atoms with Crippen molar-refractivity contribution in [3.8, 4) is 17.2 Å². The first-order valence-corrected chi connectivity index (χ1v) is 8.81. The fourth-order valence-electron chi connectivity index (χ4n) is 2.45. The van der Waals surface area contributed by atoms with Crippen LogP contribution in [0.2, 0.25) is 0 Å². The normalized spacial score (nSPS) is 16.3. The zero-order valence-electron chi connectivity index (χ0n) is 14.9. The summed E-state index contributed by atoms with van der Waals surface area (Å²) in [5, 5.41) is 21.6. The highest BCUT2D eigenvalue weighted by Gasteiger charge is 2.24. The fraction of sp³-hybridized carbons (Fsp3) is 0.105. The maximum Gasteiger partial charge on any atom is 0.339 e. The Balaban J connectivity index is 1.86. The first kappa shape index (κ1) is 19.3. The van der Waals surface area contributed by atoms with Crippen LogP contribution in [0.5, 0.6) is 17.2 Å². The smallest absolute Gasteiger partial charge is 0.339 e. The summed E-state index contributed by atoms with van der Waals surface area (Å²) in [5.41, 5.74) is 0.790. The third kappa shape index (κ3) is 4.09. The van der Waals surface area contributed by atoms with E-state index in [2.05, 4.69) is 10.3 Å². The Bertz CT molecular complexity index is 1020. The van der Waals surface area contributed by atoms with Crippen LogP contribution < -0.4 is 14.8 Å². The minimum absolute atomic E-state index is 0.223. The number of ether oxygens (including phenoxy) is 2. The molecule has 1 amide bonds. The first-order chi connectivity index (χ1) is 13.4. The van der Waals surface area contributed by atoms with Gasteiger partial charge >= 0.3 is 5.97 Å². The number of nitrogens with one attached hydrogen (secondary N) is 1. The Morgan fingerprint density at radius 1 is 1.18 bits per heavy atom. The summed E-state index contributed by atoms with van der Waals surface area (Å²) in [7, 11) is 3.08. The Morgan fingerprint density at radius 2 is 1.96 bits per heavy atom. The largest absolute Gasteiger partial charge is 0.507 e. The van der Waals surface area contributed by atoms with E-state index in [1.165, 1.54) is 25.3 Å². The number of hydrogen-bond acceptors (Lipinski definition) is 7. The van der Waals surface area contributed by atoms with Crippen molar-refractivity contribution < 1.29 is 29.3 Å². The third-order valence-corrected chi connectivity index (χ3v) is 4.73. The molecule has 1 saturated heterocycles. The number of carboxylic acids is 1. The lowest BCUT2D eigenvalue weighted by Gasteiger charge is -2.07. The zero-order valence-corrected chi connectivity index (χ0v) is 15.7. The molecular weight excluding hydrogens is 384 g/mol. The molecule has 28 heavy (non-hydrogen) atoms. The number of carboxylic acid groups (broad SMARTS) is 1. The van der Waals surface area contributed by atoms with Crippen LogP contribution in [-0.4, -0.2) is 41.5 Å². The van der Waals surface area contributed by atoms with Gasteiger partial charge in [0.05, 0.1) is 24.8 Å². The van der Waals surface area contributed by atoms with Crippen LogP contribution in [-0.2, 0) is 4.79 Å². The number of aromatic hydroxyl groups is 1. The predicted octanol–water partition coefficient (Wildman–Crippen LogP) is 3.00. The summed E-state index contributed by atoms with van der Waals surface area (Å²) in [6.07, 6.45) is 1.67. The second-order valence-corrected chi connectivity index (χ2v) is 6.63. The molecule has 2 aromatic carbocycles. The number of nitrogens with zero attached hydrogens (tertiary/aromatic N) is 1. The molecule has 0 unspecified atom stereocenters. The van der Waals surface area contributed by atoms with Crippen molar-refractivity contribution in [1.82, 2.24) is 5.32 Å². The molecule has 0 aliphatic carbocycles. The summed E-state index contributed by atoms with van der Waals surface area (Å²) in [5.74, 6) is -0.775. The van der Waals surface area contributed by atoms with Gasteiger partial charge < -0.3 is 25.0 Å². The number of aliphatic imine (C=N–C) groups is 1. The Labute approximate surface area is 164 Å². The van der Waals surface area contributed by atoms with Crippen molar-refractivity contribution >= 4 is 40.6 Å². The standard InChI is InChI=1S/C19H16N2O6S/c1-26-12-5-3-10(15(9-12)27-2)7-16-17(23)21-19(28-16)20-11-4-6-13(18(24)25)14(22)8-11/h3-9,22H,1-2H3,(H,24,25)(H,20,21,23)/b16-7-. The molecule has 1 aliphatic heterocycles. The Hall–Kier alpha value is -3.46. The Morgan fingerprint density at radius 3 is 2.61 bits per heavy atom. The highest BCUT2D eigenvalue weighted by molar-refractivity contribution is 8.18. The topological polar surface area (TPSA) is 117 Å². The molecule has 1 aliphatic rings. The molecule has 1 heterocycles. The van der Waals surface area contributed by atoms with Crippen LogP contribution in [0.25, 0.3) is 6.08 Å². The van der Waals surface area contributed by atoms with Gasteiger partial charge in [-0.05, 0) is 42.1 Å². The van der Waals surface area contributed by atoms with E-state index in [0.29, 0.717) is 32.8 Å². The minimum Gasteiger partial charge on any atom is -0.507 e. The van der Waals surface area contributed by atoms with Crippen molar-refractivity contribution in [2.45, 2.75) is 0 Å². The lowest BCUT2D eigenvalue weighted by molar-refractivity contribution is -0.115. The van der Waals surface area contributed by atoms with E-state index >= 15 is 0 Å². The number of aromatic carboxylic acids is 1. The van der Waals surface area contributed by atoms with Gasteiger partial charge in [-0.2, -0.15) is 0 Å². The molecule has 8 nitrogen and oxygen atoms in total. The van der Waals surface area contributed by atoms with Crippen molar-refractivity contribution in [3.63, 3.8) is 0 Å². The zero-order chi connectivity index (χ0) is 20.3. The number of benzene rings is 2. The van der Waals surface area contributed by atoms with E-state index in [9.17, 15) is 14.7 Å². The number of methoxy groups -OCH3 is 2. The summed E-state index contributed by atoms with van der Waals surface area (Å²) in [4.78, 5) is 27.8. The quantitative estimate of drug-likeness (QED) is 0.661. The van der Waals surface area contributed by atoms with E-state index in [1.54, 1.807) is 31.4 Å². The molecule has 3 N–H and O–H groups in total. The molecular formula is C19H16N2O6S. The summed E-state index contributed by atoms with van der Waals surface area (Å²) < 4.78 is 10.5. The van der Waals surface area contributed by atoms with E-state index in [0.717, 1.165) is 11.8 Å². The van der Waals surface area contributed by atoms with Gasteiger partial charge in [0.1, 0.15) is 22.8 Å². The highest BCUT2D eigenvalue weighted by Crippen LogP contribution is 2.33. The van der Waals surface area contributed by atoms with Crippen molar-refractivity contribution in [3.05, 3.63) is 52.4 Å². The van der Waals surface area contributed by atoms with E-state index in [-0.39, 0.29) is 11.5 Å². The average Bonchev–Trinajstić information content (AvgIpc) is 3.00. The third-order valence-electron chi connectivity index (χ3n) is 3.82. The predicted molar refractivity (Wildman–Crippen MR) is 105 cm³/mol. The molecule has 2 aromatic rings. The van der Waals surface area contributed by atoms with Crippen LogP contribution in [0.1, 0.15) is 15.9 Å². The van der Waals surface area contributed by atoms with Crippen LogP contribution in [0, 0.1) is 0 Å². The van der Waals surface area contributed by atoms with Gasteiger partial charge in [-0.1, -0.05) is 0 Å². The number of amides is 1. The molecule has 1 fully saturated rings. The van der Waals surface area contributed by atoms with E-state index in [4.69, 9.17) is 14.6 Å². The number of carbonyl (C=O) groups is 2. The van der Waals surface area contributed by atoms with Gasteiger partial charge in [0.15, 0.2) is 5.17 Å². The monoisotopic (exact) mass is 400 g/mol. The van der Waals surface area contributed by atoms with Crippen molar-refractivity contribution in [2.75, 3.05) is 14.2 Å². The van der Waals surface area contributed by atoms with Crippen molar-refractivity contribution in [1.29, 1.82) is 0 Å².